The summed E-state index contributed by atoms with van der Waals surface area (Å²) in [6.45, 7) is -0.479. The van der Waals surface area contributed by atoms with Gasteiger partial charge in [-0.2, -0.15) is 0 Å². The highest BCUT2D eigenvalue weighted by molar-refractivity contribution is 4.92. The van der Waals surface area contributed by atoms with Crippen LogP contribution in [0.4, 0.5) is 0 Å². The third kappa shape index (κ3) is 2.03. The fraction of sp³-hybridized carbons (Fsp3) is 0.556. The number of aromatic nitrogens is 2. The SMILES string of the molecule is O=c1ccn([C@@H]2O[C@H](CO)[C@@H](O)[C@H]2O)c(=O)[15nH]1. The summed E-state index contributed by atoms with van der Waals surface area (Å²) in [5, 5.41) is 28.1. The van der Waals surface area contributed by atoms with E-state index in [0.717, 1.165) is 16.8 Å². The van der Waals surface area contributed by atoms with Crippen LogP contribution in [0.3, 0.4) is 0 Å². The highest BCUT2D eigenvalue weighted by Gasteiger charge is 2.43. The number of ether oxygens (including phenoxy) is 1. The number of hydrogen-bond acceptors (Lipinski definition) is 6. The number of hydrogen-bond donors (Lipinski definition) is 4. The number of aliphatic hydroxyl groups is 3. The van der Waals surface area contributed by atoms with Gasteiger partial charge in [-0.3, -0.25) is 14.3 Å². The lowest BCUT2D eigenvalue weighted by Gasteiger charge is -2.16. The molecule has 0 amide bonds. The Morgan fingerprint density at radius 3 is 2.59 bits per heavy atom. The van der Waals surface area contributed by atoms with Crippen molar-refractivity contribution in [2.24, 2.45) is 0 Å². The van der Waals surface area contributed by atoms with Gasteiger partial charge in [-0.25, -0.2) is 4.79 Å². The molecule has 4 N–H and O–H groups in total. The molecule has 4 atom stereocenters. The Bertz CT molecular complexity index is 509. The second kappa shape index (κ2) is 4.41. The maximum absolute atomic E-state index is 11.4. The zero-order valence-corrected chi connectivity index (χ0v) is 8.68. The van der Waals surface area contributed by atoms with Crippen LogP contribution < -0.4 is 11.2 Å². The van der Waals surface area contributed by atoms with Crippen molar-refractivity contribution in [1.82, 2.24) is 9.55 Å². The molecule has 17 heavy (non-hydrogen) atoms. The summed E-state index contributed by atoms with van der Waals surface area (Å²) in [7, 11) is 0. The molecule has 0 saturated carbocycles. The molecule has 1 aromatic rings. The van der Waals surface area contributed by atoms with E-state index in [4.69, 9.17) is 9.84 Å². The van der Waals surface area contributed by atoms with E-state index in [2.05, 4.69) is 0 Å². The van der Waals surface area contributed by atoms with Crippen molar-refractivity contribution in [2.75, 3.05) is 6.61 Å². The second-order valence-electron chi connectivity index (χ2n) is 3.75. The highest BCUT2D eigenvalue weighted by Crippen LogP contribution is 2.27. The topological polar surface area (TPSA) is 125 Å². The van der Waals surface area contributed by atoms with Crippen LogP contribution in [0.2, 0.25) is 0 Å². The summed E-state index contributed by atoms with van der Waals surface area (Å²) in [6, 6.07) is 1.09. The normalized spacial score (nSPS) is 32.9. The fourth-order valence-electron chi connectivity index (χ4n) is 1.74. The molecule has 0 spiro atoms. The van der Waals surface area contributed by atoms with Gasteiger partial charge in [0.15, 0.2) is 6.23 Å². The third-order valence-electron chi connectivity index (χ3n) is 2.64. The predicted molar refractivity (Wildman–Crippen MR) is 54.3 cm³/mol. The van der Waals surface area contributed by atoms with Crippen molar-refractivity contribution in [3.05, 3.63) is 33.1 Å². The standard InChI is InChI=1S/C9H12N2O6/c12-3-4-6(14)7(15)8(17-4)11-2-1-5(13)10-9(11)16/h1-2,4,6-8,12,14-15H,3H2,(H,10,13,16)/t4-,6-,7-,8-/m1/s1/i10+1. The van der Waals surface area contributed by atoms with E-state index in [0.29, 0.717) is 0 Å². The summed E-state index contributed by atoms with van der Waals surface area (Å²) in [5.41, 5.74) is -1.33. The molecule has 1 fully saturated rings. The van der Waals surface area contributed by atoms with Crippen molar-refractivity contribution in [3.63, 3.8) is 0 Å². The van der Waals surface area contributed by atoms with E-state index in [1.54, 1.807) is 0 Å². The van der Waals surface area contributed by atoms with Crippen LogP contribution in [-0.4, -0.2) is 49.8 Å². The van der Waals surface area contributed by atoms with Crippen LogP contribution in [0.5, 0.6) is 0 Å². The molecule has 1 aromatic heterocycles. The zero-order chi connectivity index (χ0) is 12.6. The summed E-state index contributed by atoms with van der Waals surface area (Å²) in [6.07, 6.45) is -3.58. The Hall–Kier alpha value is -1.48. The number of aromatic amines is 1. The van der Waals surface area contributed by atoms with Gasteiger partial charge >= 0.3 is 5.69 Å². The quantitative estimate of drug-likeness (QED) is 0.444. The molecule has 1 aliphatic rings. The molecular weight excluding hydrogens is 233 g/mol. The van der Waals surface area contributed by atoms with Crippen LogP contribution >= 0.6 is 0 Å². The molecule has 94 valence electrons. The zero-order valence-electron chi connectivity index (χ0n) is 8.68. The van der Waals surface area contributed by atoms with Gasteiger partial charge in [-0.1, -0.05) is 0 Å². The Labute approximate surface area is 94.7 Å². The fourth-order valence-corrected chi connectivity index (χ4v) is 1.74. The van der Waals surface area contributed by atoms with E-state index in [1.807, 2.05) is 4.98 Å². The first-order chi connectivity index (χ1) is 8.04. The van der Waals surface area contributed by atoms with E-state index in [-0.39, 0.29) is 0 Å². The van der Waals surface area contributed by atoms with Crippen LogP contribution in [-0.2, 0) is 4.74 Å². The summed E-state index contributed by atoms with van der Waals surface area (Å²) >= 11 is 0. The van der Waals surface area contributed by atoms with Crippen LogP contribution in [0.25, 0.3) is 0 Å². The van der Waals surface area contributed by atoms with Gasteiger partial charge < -0.3 is 20.1 Å². The van der Waals surface area contributed by atoms with Crippen LogP contribution in [0.1, 0.15) is 6.23 Å². The minimum Gasteiger partial charge on any atom is -0.394 e. The molecule has 2 heterocycles. The molecule has 8 heteroatoms. The van der Waals surface area contributed by atoms with Gasteiger partial charge in [0.05, 0.1) is 6.61 Å². The van der Waals surface area contributed by atoms with Gasteiger partial charge in [0, 0.05) is 12.3 Å². The lowest BCUT2D eigenvalue weighted by atomic mass is 10.1. The lowest BCUT2D eigenvalue weighted by molar-refractivity contribution is -0.0550. The Balaban J connectivity index is 2.35. The van der Waals surface area contributed by atoms with Crippen molar-refractivity contribution in [3.8, 4) is 0 Å². The molecule has 0 unspecified atom stereocenters. The smallest absolute Gasteiger partial charge is 0.330 e. The molecule has 8 nitrogen and oxygen atoms in total. The van der Waals surface area contributed by atoms with Crippen LogP contribution in [0, 0.1) is 0 Å². The number of rotatable bonds is 2. The van der Waals surface area contributed by atoms with E-state index in [9.17, 15) is 19.8 Å². The first-order valence-electron chi connectivity index (χ1n) is 4.98. The van der Waals surface area contributed by atoms with Crippen molar-refractivity contribution in [2.45, 2.75) is 24.5 Å². The summed E-state index contributed by atoms with van der Waals surface area (Å²) in [4.78, 5) is 24.3. The van der Waals surface area contributed by atoms with Crippen molar-refractivity contribution < 1.29 is 20.1 Å². The number of H-pyrrole nitrogens is 1. The molecule has 1 aliphatic heterocycles. The molecule has 1 saturated heterocycles. The van der Waals surface area contributed by atoms with E-state index < -0.39 is 42.4 Å². The number of aliphatic hydroxyl groups excluding tert-OH is 3. The highest BCUT2D eigenvalue weighted by atomic mass is 16.6. The lowest BCUT2D eigenvalue weighted by Crippen LogP contribution is -2.37. The Morgan fingerprint density at radius 2 is 2.06 bits per heavy atom. The first kappa shape index (κ1) is 12.0. The Morgan fingerprint density at radius 1 is 1.35 bits per heavy atom. The monoisotopic (exact) mass is 245 g/mol. The summed E-state index contributed by atoms with van der Waals surface area (Å²) in [5.74, 6) is 0. The molecular formula is C9H12N2O6. The molecule has 0 radical (unpaired) electrons. The van der Waals surface area contributed by atoms with Gasteiger partial charge in [0.1, 0.15) is 18.3 Å². The van der Waals surface area contributed by atoms with Crippen molar-refractivity contribution in [1.29, 1.82) is 0 Å². The van der Waals surface area contributed by atoms with Gasteiger partial charge in [0.2, 0.25) is 0 Å². The Kier molecular flexibility index (Phi) is 3.11. The maximum Gasteiger partial charge on any atom is 0.330 e. The third-order valence-corrected chi connectivity index (χ3v) is 2.64. The van der Waals surface area contributed by atoms with Gasteiger partial charge in [-0.15, -0.1) is 0 Å². The molecule has 0 aliphatic carbocycles. The molecule has 0 aromatic carbocycles. The molecule has 0 bridgehead atoms. The van der Waals surface area contributed by atoms with E-state index >= 15 is 0 Å². The minimum atomic E-state index is -1.35. The molecule has 2 rings (SSSR count). The average molecular weight is 245 g/mol. The second-order valence-corrected chi connectivity index (χ2v) is 3.75. The van der Waals surface area contributed by atoms with Crippen LogP contribution in [0.15, 0.2) is 21.9 Å². The van der Waals surface area contributed by atoms with E-state index in [1.165, 1.54) is 0 Å². The van der Waals surface area contributed by atoms with Crippen molar-refractivity contribution >= 4 is 0 Å². The maximum atomic E-state index is 11.4. The average Bonchev–Trinajstić information content (AvgIpc) is 2.57. The largest absolute Gasteiger partial charge is 0.394 e. The van der Waals surface area contributed by atoms with Gasteiger partial charge in [0.25, 0.3) is 5.56 Å². The predicted octanol–water partition coefficient (Wildman–Crippen LogP) is -2.85. The van der Waals surface area contributed by atoms with Gasteiger partial charge in [-0.05, 0) is 0 Å². The number of nitrogens with one attached hydrogen (secondary N) is 1. The summed E-state index contributed by atoms with van der Waals surface area (Å²) < 4.78 is 6.08. The first-order valence-corrected chi connectivity index (χ1v) is 4.98. The minimum absolute atomic E-state index is 0.479. The number of nitrogens with zero attached hydrogens (tertiary/aromatic N) is 1.